The summed E-state index contributed by atoms with van der Waals surface area (Å²) in [7, 11) is -4.16. The van der Waals surface area contributed by atoms with Gasteiger partial charge in [-0.2, -0.15) is 8.42 Å². The minimum Gasteiger partial charge on any atom is -0.456 e. The Labute approximate surface area is 138 Å². The number of hydrogen-bond acceptors (Lipinski definition) is 3. The van der Waals surface area contributed by atoms with Crippen LogP contribution in [0, 0.1) is 7.14 Å². The van der Waals surface area contributed by atoms with Crippen molar-refractivity contribution in [3.63, 3.8) is 0 Å². The molecule has 0 aliphatic carbocycles. The molecular formula is C12H8I2O4S. The van der Waals surface area contributed by atoms with E-state index < -0.39 is 10.1 Å². The highest BCUT2D eigenvalue weighted by Gasteiger charge is 2.09. The van der Waals surface area contributed by atoms with E-state index in [1.165, 1.54) is 24.3 Å². The Balaban J connectivity index is 2.25. The van der Waals surface area contributed by atoms with E-state index in [0.29, 0.717) is 11.5 Å². The van der Waals surface area contributed by atoms with E-state index in [2.05, 4.69) is 45.2 Å². The second kappa shape index (κ2) is 5.94. The highest BCUT2D eigenvalue weighted by molar-refractivity contribution is 14.1. The molecule has 0 heterocycles. The van der Waals surface area contributed by atoms with Gasteiger partial charge in [-0.25, -0.2) is 0 Å². The lowest BCUT2D eigenvalue weighted by Gasteiger charge is -2.08. The fourth-order valence-corrected chi connectivity index (χ4v) is 3.56. The molecule has 0 aliphatic rings. The SMILES string of the molecule is O=S(=O)(O)c1ccc(Oc2ccc(I)cc2I)cc1. The van der Waals surface area contributed by atoms with Crippen LogP contribution in [0.4, 0.5) is 0 Å². The summed E-state index contributed by atoms with van der Waals surface area (Å²) in [4.78, 5) is -0.155. The molecule has 2 rings (SSSR count). The highest BCUT2D eigenvalue weighted by Crippen LogP contribution is 2.28. The second-order valence-electron chi connectivity index (χ2n) is 3.62. The zero-order valence-corrected chi connectivity index (χ0v) is 14.5. The minimum absolute atomic E-state index is 0.155. The quantitative estimate of drug-likeness (QED) is 0.511. The third-order valence-corrected chi connectivity index (χ3v) is 4.63. The average Bonchev–Trinajstić information content (AvgIpc) is 2.32. The second-order valence-corrected chi connectivity index (χ2v) is 7.45. The first-order valence-electron chi connectivity index (χ1n) is 5.07. The van der Waals surface area contributed by atoms with Gasteiger partial charge < -0.3 is 4.74 Å². The number of hydrogen-bond donors (Lipinski definition) is 1. The average molecular weight is 502 g/mol. The molecular weight excluding hydrogens is 494 g/mol. The molecule has 0 amide bonds. The van der Waals surface area contributed by atoms with Crippen molar-refractivity contribution >= 4 is 55.3 Å². The molecule has 0 atom stereocenters. The molecule has 0 saturated carbocycles. The van der Waals surface area contributed by atoms with E-state index in [0.717, 1.165) is 7.14 Å². The van der Waals surface area contributed by atoms with Crippen LogP contribution in [0.5, 0.6) is 11.5 Å². The molecule has 4 nitrogen and oxygen atoms in total. The molecule has 0 spiro atoms. The smallest absolute Gasteiger partial charge is 0.294 e. The molecule has 19 heavy (non-hydrogen) atoms. The van der Waals surface area contributed by atoms with Crippen LogP contribution < -0.4 is 4.74 Å². The summed E-state index contributed by atoms with van der Waals surface area (Å²) >= 11 is 4.38. The Morgan fingerprint density at radius 3 is 2.16 bits per heavy atom. The maximum Gasteiger partial charge on any atom is 0.294 e. The van der Waals surface area contributed by atoms with Gasteiger partial charge in [-0.1, -0.05) is 0 Å². The fraction of sp³-hybridized carbons (Fsp3) is 0. The lowest BCUT2D eigenvalue weighted by atomic mass is 10.3. The van der Waals surface area contributed by atoms with Crippen molar-refractivity contribution in [2.45, 2.75) is 4.90 Å². The number of benzene rings is 2. The van der Waals surface area contributed by atoms with Crippen molar-refractivity contribution in [2.75, 3.05) is 0 Å². The Bertz CT molecular complexity index is 696. The molecule has 0 saturated heterocycles. The first kappa shape index (κ1) is 15.0. The van der Waals surface area contributed by atoms with Gasteiger partial charge in [0.1, 0.15) is 11.5 Å². The van der Waals surface area contributed by atoms with Gasteiger partial charge in [-0.3, -0.25) is 4.55 Å². The summed E-state index contributed by atoms with van der Waals surface area (Å²) in [6.07, 6.45) is 0. The zero-order valence-electron chi connectivity index (χ0n) is 9.38. The maximum atomic E-state index is 10.9. The first-order valence-corrected chi connectivity index (χ1v) is 8.66. The van der Waals surface area contributed by atoms with Gasteiger partial charge in [0.2, 0.25) is 0 Å². The maximum absolute atomic E-state index is 10.9. The molecule has 0 aromatic heterocycles. The van der Waals surface area contributed by atoms with Crippen LogP contribution in [0.25, 0.3) is 0 Å². The number of ether oxygens (including phenoxy) is 1. The van der Waals surface area contributed by atoms with E-state index in [9.17, 15) is 8.42 Å². The molecule has 0 unspecified atom stereocenters. The van der Waals surface area contributed by atoms with Gasteiger partial charge >= 0.3 is 0 Å². The third kappa shape index (κ3) is 4.04. The molecule has 0 fully saturated rings. The molecule has 2 aromatic carbocycles. The zero-order chi connectivity index (χ0) is 14.0. The molecule has 100 valence electrons. The summed E-state index contributed by atoms with van der Waals surface area (Å²) in [5.74, 6) is 1.20. The van der Waals surface area contributed by atoms with E-state index in [1.807, 2.05) is 18.2 Å². The molecule has 0 radical (unpaired) electrons. The first-order chi connectivity index (χ1) is 8.86. The lowest BCUT2D eigenvalue weighted by Crippen LogP contribution is -1.97. The Morgan fingerprint density at radius 2 is 1.63 bits per heavy atom. The van der Waals surface area contributed by atoms with Gasteiger partial charge in [-0.05, 0) is 87.6 Å². The predicted molar refractivity (Wildman–Crippen MR) is 88.2 cm³/mol. The summed E-state index contributed by atoms with van der Waals surface area (Å²) in [5.41, 5.74) is 0. The third-order valence-electron chi connectivity index (χ3n) is 2.24. The summed E-state index contributed by atoms with van der Waals surface area (Å²) in [6, 6.07) is 11.3. The van der Waals surface area contributed by atoms with Gasteiger partial charge in [0.15, 0.2) is 0 Å². The normalized spacial score (nSPS) is 11.3. The van der Waals surface area contributed by atoms with Crippen LogP contribution in [0.15, 0.2) is 47.4 Å². The van der Waals surface area contributed by atoms with Crippen molar-refractivity contribution < 1.29 is 17.7 Å². The van der Waals surface area contributed by atoms with Crippen LogP contribution in [0.3, 0.4) is 0 Å². The van der Waals surface area contributed by atoms with E-state index >= 15 is 0 Å². The lowest BCUT2D eigenvalue weighted by molar-refractivity contribution is 0.476. The van der Waals surface area contributed by atoms with Crippen LogP contribution in [0.1, 0.15) is 0 Å². The monoisotopic (exact) mass is 502 g/mol. The number of rotatable bonds is 3. The van der Waals surface area contributed by atoms with E-state index in [-0.39, 0.29) is 4.90 Å². The predicted octanol–water partition coefficient (Wildman–Crippen LogP) is 3.93. The van der Waals surface area contributed by atoms with Gasteiger partial charge in [0.25, 0.3) is 10.1 Å². The molecule has 0 aliphatic heterocycles. The van der Waals surface area contributed by atoms with Crippen molar-refractivity contribution in [3.8, 4) is 11.5 Å². The number of halogens is 2. The van der Waals surface area contributed by atoms with Gasteiger partial charge in [0, 0.05) is 3.57 Å². The summed E-state index contributed by atoms with van der Waals surface area (Å²) < 4.78 is 38.4. The Kier molecular flexibility index (Phi) is 4.69. The van der Waals surface area contributed by atoms with Crippen LogP contribution in [-0.4, -0.2) is 13.0 Å². The summed E-state index contributed by atoms with van der Waals surface area (Å²) in [5, 5.41) is 0. The van der Waals surface area contributed by atoms with Gasteiger partial charge in [0.05, 0.1) is 8.47 Å². The van der Waals surface area contributed by atoms with Crippen LogP contribution in [-0.2, 0) is 10.1 Å². The van der Waals surface area contributed by atoms with Crippen LogP contribution >= 0.6 is 45.2 Å². The molecule has 7 heteroatoms. The Morgan fingerprint density at radius 1 is 1.00 bits per heavy atom. The largest absolute Gasteiger partial charge is 0.456 e. The summed E-state index contributed by atoms with van der Waals surface area (Å²) in [6.45, 7) is 0. The molecule has 1 N–H and O–H groups in total. The molecule has 2 aromatic rings. The van der Waals surface area contributed by atoms with Crippen molar-refractivity contribution in [1.82, 2.24) is 0 Å². The fourth-order valence-electron chi connectivity index (χ4n) is 1.36. The standard InChI is InChI=1S/C12H8I2O4S/c13-8-1-6-12(11(14)7-8)18-9-2-4-10(5-3-9)19(15,16)17/h1-7H,(H,15,16,17). The highest BCUT2D eigenvalue weighted by atomic mass is 127. The van der Waals surface area contributed by atoms with Crippen LogP contribution in [0.2, 0.25) is 0 Å². The van der Waals surface area contributed by atoms with Crippen molar-refractivity contribution in [3.05, 3.63) is 49.6 Å². The topological polar surface area (TPSA) is 63.6 Å². The van der Waals surface area contributed by atoms with Crippen molar-refractivity contribution in [1.29, 1.82) is 0 Å². The van der Waals surface area contributed by atoms with E-state index in [1.54, 1.807) is 0 Å². The van der Waals surface area contributed by atoms with E-state index in [4.69, 9.17) is 9.29 Å². The van der Waals surface area contributed by atoms with Gasteiger partial charge in [-0.15, -0.1) is 0 Å². The minimum atomic E-state index is -4.16. The molecule has 0 bridgehead atoms. The Hall–Kier alpha value is -0.390. The van der Waals surface area contributed by atoms with Crippen molar-refractivity contribution in [2.24, 2.45) is 0 Å².